The zero-order valence-electron chi connectivity index (χ0n) is 8.39. The van der Waals surface area contributed by atoms with E-state index in [1.54, 1.807) is 20.1 Å². The van der Waals surface area contributed by atoms with E-state index in [1.165, 1.54) is 4.79 Å². The van der Waals surface area contributed by atoms with Crippen LogP contribution in [0.3, 0.4) is 0 Å². The maximum Gasteiger partial charge on any atom is 0.315 e. The molecule has 6 heteroatoms. The van der Waals surface area contributed by atoms with Crippen molar-refractivity contribution in [3.8, 4) is 0 Å². The Kier molecular flexibility index (Phi) is 2.95. The van der Waals surface area contributed by atoms with Crippen LogP contribution in [0, 0.1) is 24.0 Å². The fourth-order valence-electron chi connectivity index (χ4n) is 1.16. The number of hydrogen-bond donors (Lipinski definition) is 0. The number of hydrogen-bond acceptors (Lipinski definition) is 4. The standard InChI is InChI=1S/C8H12N4O2/c1-4-5-9-11-7(3)8(12(13)14)6(2)10-11/h5H,4H2,1-3H3/b9-5-. The van der Waals surface area contributed by atoms with E-state index >= 15 is 0 Å². The molecule has 1 aromatic heterocycles. The molecule has 0 aliphatic heterocycles. The van der Waals surface area contributed by atoms with Crippen molar-refractivity contribution in [1.29, 1.82) is 0 Å². The Morgan fingerprint density at radius 1 is 1.64 bits per heavy atom. The quantitative estimate of drug-likeness (QED) is 0.419. The highest BCUT2D eigenvalue weighted by molar-refractivity contribution is 5.56. The fraction of sp³-hybridized carbons (Fsp3) is 0.500. The van der Waals surface area contributed by atoms with Gasteiger partial charge in [0.15, 0.2) is 0 Å². The van der Waals surface area contributed by atoms with Crippen molar-refractivity contribution >= 4 is 11.9 Å². The molecular formula is C8H12N4O2. The van der Waals surface area contributed by atoms with Crippen LogP contribution in [0.2, 0.25) is 0 Å². The Bertz CT molecular complexity index is 381. The maximum atomic E-state index is 10.6. The topological polar surface area (TPSA) is 73.3 Å². The molecule has 0 fully saturated rings. The Morgan fingerprint density at radius 2 is 2.29 bits per heavy atom. The number of nitro groups is 1. The molecule has 0 saturated heterocycles. The first kappa shape index (κ1) is 10.4. The van der Waals surface area contributed by atoms with Gasteiger partial charge in [0.2, 0.25) is 0 Å². The summed E-state index contributed by atoms with van der Waals surface area (Å²) in [6, 6.07) is 0. The molecular weight excluding hydrogens is 184 g/mol. The molecule has 0 amide bonds. The number of nitrogens with zero attached hydrogens (tertiary/aromatic N) is 4. The van der Waals surface area contributed by atoms with E-state index in [4.69, 9.17) is 0 Å². The number of aryl methyl sites for hydroxylation is 1. The minimum atomic E-state index is -0.435. The van der Waals surface area contributed by atoms with Gasteiger partial charge in [-0.15, -0.1) is 9.89 Å². The zero-order valence-corrected chi connectivity index (χ0v) is 8.39. The molecule has 6 nitrogen and oxygen atoms in total. The van der Waals surface area contributed by atoms with Gasteiger partial charge in [-0.05, 0) is 20.3 Å². The zero-order chi connectivity index (χ0) is 10.7. The maximum absolute atomic E-state index is 10.6. The van der Waals surface area contributed by atoms with Crippen molar-refractivity contribution in [3.05, 3.63) is 21.5 Å². The molecule has 0 bridgehead atoms. The molecule has 76 valence electrons. The molecule has 0 spiro atoms. The van der Waals surface area contributed by atoms with Crippen molar-refractivity contribution in [2.75, 3.05) is 0 Å². The van der Waals surface area contributed by atoms with Gasteiger partial charge in [-0.25, -0.2) is 0 Å². The molecule has 0 radical (unpaired) electrons. The molecule has 14 heavy (non-hydrogen) atoms. The van der Waals surface area contributed by atoms with Gasteiger partial charge in [0.1, 0.15) is 11.4 Å². The molecule has 1 heterocycles. The van der Waals surface area contributed by atoms with Crippen LogP contribution in [-0.4, -0.2) is 21.0 Å². The molecule has 0 N–H and O–H groups in total. The van der Waals surface area contributed by atoms with Gasteiger partial charge < -0.3 is 0 Å². The highest BCUT2D eigenvalue weighted by atomic mass is 16.6. The SMILES string of the molecule is CC/C=N\n1nc(C)c([N+](=O)[O-])c1C. The monoisotopic (exact) mass is 196 g/mol. The normalized spacial score (nSPS) is 11.1. The van der Waals surface area contributed by atoms with E-state index in [1.807, 2.05) is 6.92 Å². The Morgan fingerprint density at radius 3 is 2.71 bits per heavy atom. The van der Waals surface area contributed by atoms with Crippen molar-refractivity contribution in [1.82, 2.24) is 9.89 Å². The molecule has 0 saturated carbocycles. The molecule has 0 aliphatic carbocycles. The third-order valence-electron chi connectivity index (χ3n) is 1.79. The highest BCUT2D eigenvalue weighted by Crippen LogP contribution is 2.21. The minimum Gasteiger partial charge on any atom is -0.258 e. The van der Waals surface area contributed by atoms with Gasteiger partial charge in [0, 0.05) is 6.21 Å². The molecule has 0 aliphatic rings. The Hall–Kier alpha value is -1.72. The van der Waals surface area contributed by atoms with Crippen LogP contribution < -0.4 is 0 Å². The molecule has 1 aromatic rings. The van der Waals surface area contributed by atoms with Crippen molar-refractivity contribution in [3.63, 3.8) is 0 Å². The summed E-state index contributed by atoms with van der Waals surface area (Å²) in [5.41, 5.74) is 0.885. The van der Waals surface area contributed by atoms with Crippen LogP contribution in [0.25, 0.3) is 0 Å². The van der Waals surface area contributed by atoms with E-state index in [2.05, 4.69) is 10.2 Å². The first-order valence-corrected chi connectivity index (χ1v) is 4.31. The highest BCUT2D eigenvalue weighted by Gasteiger charge is 2.21. The smallest absolute Gasteiger partial charge is 0.258 e. The summed E-state index contributed by atoms with van der Waals surface area (Å²) in [6.07, 6.45) is 2.43. The largest absolute Gasteiger partial charge is 0.315 e. The lowest BCUT2D eigenvalue weighted by molar-refractivity contribution is -0.386. The first-order chi connectivity index (χ1) is 6.57. The van der Waals surface area contributed by atoms with E-state index in [-0.39, 0.29) is 5.69 Å². The van der Waals surface area contributed by atoms with Crippen LogP contribution in [0.15, 0.2) is 5.10 Å². The molecule has 1 rings (SSSR count). The van der Waals surface area contributed by atoms with Gasteiger partial charge in [-0.2, -0.15) is 5.10 Å². The average molecular weight is 196 g/mol. The summed E-state index contributed by atoms with van der Waals surface area (Å²) >= 11 is 0. The summed E-state index contributed by atoms with van der Waals surface area (Å²) in [5, 5.41) is 18.5. The van der Waals surface area contributed by atoms with Crippen molar-refractivity contribution < 1.29 is 4.92 Å². The van der Waals surface area contributed by atoms with Gasteiger partial charge >= 0.3 is 5.69 Å². The second-order valence-corrected chi connectivity index (χ2v) is 2.87. The lowest BCUT2D eigenvalue weighted by atomic mass is 10.3. The van der Waals surface area contributed by atoms with Crippen molar-refractivity contribution in [2.45, 2.75) is 27.2 Å². The predicted octanol–water partition coefficient (Wildman–Crippen LogP) is 1.65. The predicted molar refractivity (Wildman–Crippen MR) is 52.5 cm³/mol. The summed E-state index contributed by atoms with van der Waals surface area (Å²) in [7, 11) is 0. The van der Waals surface area contributed by atoms with E-state index in [0.29, 0.717) is 11.4 Å². The summed E-state index contributed by atoms with van der Waals surface area (Å²) in [4.78, 5) is 11.5. The molecule has 0 atom stereocenters. The summed E-state index contributed by atoms with van der Waals surface area (Å²) in [6.45, 7) is 5.16. The first-order valence-electron chi connectivity index (χ1n) is 4.31. The molecule has 0 unspecified atom stereocenters. The van der Waals surface area contributed by atoms with Crippen LogP contribution in [0.4, 0.5) is 5.69 Å². The second kappa shape index (κ2) is 3.99. The minimum absolute atomic E-state index is 0.0400. The summed E-state index contributed by atoms with van der Waals surface area (Å²) in [5.74, 6) is 0. The lowest BCUT2D eigenvalue weighted by Gasteiger charge is -1.92. The van der Waals surface area contributed by atoms with Crippen LogP contribution >= 0.6 is 0 Å². The Balaban J connectivity index is 3.17. The lowest BCUT2D eigenvalue weighted by Crippen LogP contribution is -1.95. The fourth-order valence-corrected chi connectivity index (χ4v) is 1.16. The van der Waals surface area contributed by atoms with Crippen molar-refractivity contribution in [2.24, 2.45) is 5.10 Å². The van der Waals surface area contributed by atoms with Gasteiger partial charge in [0.05, 0.1) is 4.92 Å². The van der Waals surface area contributed by atoms with Crippen LogP contribution in [0.1, 0.15) is 24.7 Å². The Labute approximate surface area is 81.4 Å². The third kappa shape index (κ3) is 1.78. The van der Waals surface area contributed by atoms with E-state index in [0.717, 1.165) is 6.42 Å². The van der Waals surface area contributed by atoms with Gasteiger partial charge in [0.25, 0.3) is 0 Å². The summed E-state index contributed by atoms with van der Waals surface area (Å²) < 4.78 is 0. The van der Waals surface area contributed by atoms with E-state index in [9.17, 15) is 10.1 Å². The third-order valence-corrected chi connectivity index (χ3v) is 1.79. The average Bonchev–Trinajstić information content (AvgIpc) is 2.38. The van der Waals surface area contributed by atoms with Gasteiger partial charge in [-0.1, -0.05) is 6.92 Å². The van der Waals surface area contributed by atoms with Crippen LogP contribution in [0.5, 0.6) is 0 Å². The van der Waals surface area contributed by atoms with E-state index < -0.39 is 4.92 Å². The number of aromatic nitrogens is 2. The van der Waals surface area contributed by atoms with Crippen LogP contribution in [-0.2, 0) is 0 Å². The second-order valence-electron chi connectivity index (χ2n) is 2.87. The molecule has 0 aromatic carbocycles. The number of rotatable bonds is 3. The van der Waals surface area contributed by atoms with Gasteiger partial charge in [-0.3, -0.25) is 10.1 Å².